The molecule has 1 fully saturated rings. The highest BCUT2D eigenvalue weighted by Gasteiger charge is 2.19. The van der Waals surface area contributed by atoms with Crippen LogP contribution >= 0.6 is 12.2 Å². The van der Waals surface area contributed by atoms with E-state index in [2.05, 4.69) is 36.0 Å². The van der Waals surface area contributed by atoms with Crippen LogP contribution in [0, 0.1) is 35.3 Å². The Balaban J connectivity index is 1.94. The third-order valence-electron chi connectivity index (χ3n) is 4.68. The summed E-state index contributed by atoms with van der Waals surface area (Å²) in [5, 5.41) is 2.04. The van der Waals surface area contributed by atoms with E-state index in [9.17, 15) is 8.78 Å². The minimum absolute atomic E-state index is 0.0842. The first-order valence-corrected chi connectivity index (χ1v) is 9.13. The van der Waals surface area contributed by atoms with E-state index < -0.39 is 11.6 Å². The first-order chi connectivity index (χ1) is 11.6. The third-order valence-corrected chi connectivity index (χ3v) is 4.77. The molecule has 0 heterocycles. The van der Waals surface area contributed by atoms with Crippen LogP contribution in [0.5, 0.6) is 0 Å². The van der Waals surface area contributed by atoms with Gasteiger partial charge >= 0.3 is 0 Å². The van der Waals surface area contributed by atoms with Gasteiger partial charge in [0, 0.05) is 12.0 Å². The smallest absolute Gasteiger partial charge is 0.151 e. The van der Waals surface area contributed by atoms with Crippen LogP contribution in [0.3, 0.4) is 0 Å². The summed E-state index contributed by atoms with van der Waals surface area (Å²) in [6.07, 6.45) is 9.71. The van der Waals surface area contributed by atoms with Gasteiger partial charge in [-0.15, -0.1) is 0 Å². The Hall–Kier alpha value is -1.56. The van der Waals surface area contributed by atoms with Gasteiger partial charge < -0.3 is 0 Å². The maximum absolute atomic E-state index is 14.0. The van der Waals surface area contributed by atoms with E-state index in [0.717, 1.165) is 30.9 Å². The number of thiocarbonyl (C=S) groups is 1. The molecule has 2 rings (SSSR count). The Morgan fingerprint density at radius 3 is 2.54 bits per heavy atom. The summed E-state index contributed by atoms with van der Waals surface area (Å²) in [5.41, 5.74) is -0.0541. The van der Waals surface area contributed by atoms with Gasteiger partial charge in [0.05, 0.1) is 10.7 Å². The predicted octanol–water partition coefficient (Wildman–Crippen LogP) is 6.44. The molecule has 0 bridgehead atoms. The monoisotopic (exact) mass is 347 g/mol. The summed E-state index contributed by atoms with van der Waals surface area (Å²) >= 11 is 4.42. The molecule has 0 radical (unpaired) electrons. The molecular formula is C20H23F2NS. The average Bonchev–Trinajstić information content (AvgIpc) is 2.58. The number of aliphatic imine (C=N–C) groups is 1. The van der Waals surface area contributed by atoms with Crippen molar-refractivity contribution in [1.29, 1.82) is 0 Å². The molecule has 0 saturated heterocycles. The van der Waals surface area contributed by atoms with Crippen molar-refractivity contribution in [1.82, 2.24) is 0 Å². The fraction of sp³-hybridized carbons (Fsp3) is 0.550. The standard InChI is InChI=1S/C20H23F2NS/c1-2-3-4-5-15-6-8-16(9-7-15)10-11-17-12-19(22)20(23-14-24)13-18(17)21/h12-13,15-16H,2-9H2,1H3. The molecular weight excluding hydrogens is 324 g/mol. The molecule has 0 aliphatic heterocycles. The SMILES string of the molecule is CCCCCC1CCC(C#Cc2cc(F)c(N=C=S)cc2F)CC1. The van der Waals surface area contributed by atoms with Gasteiger partial charge in [-0.2, -0.15) is 4.99 Å². The van der Waals surface area contributed by atoms with Crippen LogP contribution in [0.2, 0.25) is 0 Å². The van der Waals surface area contributed by atoms with Crippen molar-refractivity contribution >= 4 is 23.1 Å². The first-order valence-electron chi connectivity index (χ1n) is 8.72. The summed E-state index contributed by atoms with van der Waals surface area (Å²) in [5.74, 6) is 5.83. The third kappa shape index (κ3) is 5.51. The van der Waals surface area contributed by atoms with Crippen LogP contribution in [0.4, 0.5) is 14.5 Å². The van der Waals surface area contributed by atoms with Crippen molar-refractivity contribution in [2.24, 2.45) is 16.8 Å². The van der Waals surface area contributed by atoms with Gasteiger partial charge in [-0.3, -0.25) is 0 Å². The molecule has 1 aromatic carbocycles. The Kier molecular flexibility index (Phi) is 7.56. The molecule has 1 aliphatic rings. The second-order valence-corrected chi connectivity index (χ2v) is 6.65. The lowest BCUT2D eigenvalue weighted by molar-refractivity contribution is 0.294. The van der Waals surface area contributed by atoms with Gasteiger partial charge in [-0.05, 0) is 49.9 Å². The maximum Gasteiger partial charge on any atom is 0.151 e. The number of isothiocyanates is 1. The second kappa shape index (κ2) is 9.67. The van der Waals surface area contributed by atoms with E-state index in [-0.39, 0.29) is 17.2 Å². The molecule has 24 heavy (non-hydrogen) atoms. The average molecular weight is 347 g/mol. The van der Waals surface area contributed by atoms with E-state index in [4.69, 9.17) is 0 Å². The molecule has 1 aliphatic carbocycles. The number of rotatable bonds is 5. The molecule has 0 atom stereocenters. The van der Waals surface area contributed by atoms with Crippen LogP contribution < -0.4 is 0 Å². The summed E-state index contributed by atoms with van der Waals surface area (Å²) in [4.78, 5) is 3.50. The summed E-state index contributed by atoms with van der Waals surface area (Å²) < 4.78 is 27.7. The molecule has 0 aromatic heterocycles. The Labute approximate surface area is 148 Å². The Morgan fingerprint density at radius 2 is 1.88 bits per heavy atom. The number of hydrogen-bond acceptors (Lipinski definition) is 2. The first kappa shape index (κ1) is 18.8. The topological polar surface area (TPSA) is 12.4 Å². The minimum atomic E-state index is -0.627. The van der Waals surface area contributed by atoms with E-state index in [1.165, 1.54) is 38.5 Å². The Morgan fingerprint density at radius 1 is 1.12 bits per heavy atom. The van der Waals surface area contributed by atoms with Crippen molar-refractivity contribution in [2.75, 3.05) is 0 Å². The lowest BCUT2D eigenvalue weighted by Crippen LogP contribution is -2.13. The van der Waals surface area contributed by atoms with Gasteiger partial charge in [0.15, 0.2) is 5.82 Å². The normalized spacial score (nSPS) is 20.0. The molecule has 1 saturated carbocycles. The number of unbranched alkanes of at least 4 members (excludes halogenated alkanes) is 2. The van der Waals surface area contributed by atoms with E-state index >= 15 is 0 Å². The highest BCUT2D eigenvalue weighted by atomic mass is 32.1. The van der Waals surface area contributed by atoms with Gasteiger partial charge in [0.25, 0.3) is 0 Å². The van der Waals surface area contributed by atoms with Gasteiger partial charge in [-0.25, -0.2) is 8.78 Å². The zero-order valence-corrected chi connectivity index (χ0v) is 14.9. The lowest BCUT2D eigenvalue weighted by Gasteiger charge is -2.25. The lowest BCUT2D eigenvalue weighted by atomic mass is 9.80. The molecule has 0 spiro atoms. The summed E-state index contributed by atoms with van der Waals surface area (Å²) in [6, 6.07) is 2.10. The fourth-order valence-corrected chi connectivity index (χ4v) is 3.32. The van der Waals surface area contributed by atoms with Crippen LogP contribution in [-0.2, 0) is 0 Å². The summed E-state index contributed by atoms with van der Waals surface area (Å²) in [7, 11) is 0. The van der Waals surface area contributed by atoms with Gasteiger partial charge in [-0.1, -0.05) is 44.4 Å². The highest BCUT2D eigenvalue weighted by Crippen LogP contribution is 2.31. The molecule has 4 heteroatoms. The van der Waals surface area contributed by atoms with Gasteiger partial charge in [0.1, 0.15) is 11.5 Å². The molecule has 1 nitrogen and oxygen atoms in total. The zero-order valence-electron chi connectivity index (χ0n) is 14.1. The largest absolute Gasteiger partial charge is 0.206 e. The van der Waals surface area contributed by atoms with Crippen molar-refractivity contribution in [2.45, 2.75) is 58.3 Å². The zero-order chi connectivity index (χ0) is 17.4. The molecule has 0 N–H and O–H groups in total. The van der Waals surface area contributed by atoms with Crippen LogP contribution in [0.25, 0.3) is 0 Å². The van der Waals surface area contributed by atoms with Crippen LogP contribution in [0.15, 0.2) is 17.1 Å². The van der Waals surface area contributed by atoms with Crippen molar-refractivity contribution in [3.05, 3.63) is 29.3 Å². The van der Waals surface area contributed by atoms with Crippen molar-refractivity contribution in [3.63, 3.8) is 0 Å². The second-order valence-electron chi connectivity index (χ2n) is 6.47. The molecule has 128 valence electrons. The fourth-order valence-electron chi connectivity index (χ4n) is 3.23. The van der Waals surface area contributed by atoms with Crippen LogP contribution in [0.1, 0.15) is 63.9 Å². The van der Waals surface area contributed by atoms with E-state index in [1.807, 2.05) is 5.16 Å². The van der Waals surface area contributed by atoms with Crippen molar-refractivity contribution in [3.8, 4) is 11.8 Å². The predicted molar refractivity (Wildman–Crippen MR) is 97.5 cm³/mol. The Bertz CT molecular complexity index is 660. The molecule has 1 aromatic rings. The number of hydrogen-bond donors (Lipinski definition) is 0. The quantitative estimate of drug-likeness (QED) is 0.258. The van der Waals surface area contributed by atoms with Gasteiger partial charge in [0.2, 0.25) is 0 Å². The van der Waals surface area contributed by atoms with E-state index in [1.54, 1.807) is 0 Å². The van der Waals surface area contributed by atoms with Crippen LogP contribution in [-0.4, -0.2) is 5.16 Å². The maximum atomic E-state index is 14.0. The summed E-state index contributed by atoms with van der Waals surface area (Å²) in [6.45, 7) is 2.22. The number of benzene rings is 1. The van der Waals surface area contributed by atoms with E-state index in [0.29, 0.717) is 0 Å². The number of halogens is 2. The molecule has 0 unspecified atom stereocenters. The highest BCUT2D eigenvalue weighted by molar-refractivity contribution is 7.78. The number of nitrogens with zero attached hydrogens (tertiary/aromatic N) is 1. The van der Waals surface area contributed by atoms with Crippen molar-refractivity contribution < 1.29 is 8.78 Å². The minimum Gasteiger partial charge on any atom is -0.206 e. The molecule has 0 amide bonds.